The number of hydrogen-bond acceptors (Lipinski definition) is 2. The summed E-state index contributed by atoms with van der Waals surface area (Å²) in [5.74, 6) is 0. The highest BCUT2D eigenvalue weighted by Crippen LogP contribution is 2.11. The van der Waals surface area contributed by atoms with Gasteiger partial charge < -0.3 is 0 Å². The first kappa shape index (κ1) is 4.68. The summed E-state index contributed by atoms with van der Waals surface area (Å²) in [7, 11) is 0. The normalized spacial score (nSPS) is 21.3. The molecule has 2 aliphatic rings. The fourth-order valence-corrected chi connectivity index (χ4v) is 0.874. The van der Waals surface area contributed by atoms with E-state index in [4.69, 9.17) is 0 Å². The second-order valence-electron chi connectivity index (χ2n) is 1.96. The monoisotopic (exact) mass is 117 g/mol. The van der Waals surface area contributed by atoms with Crippen LogP contribution in [-0.2, 0) is 0 Å². The molecule has 1 heterocycles. The van der Waals surface area contributed by atoms with Crippen molar-refractivity contribution in [1.29, 1.82) is 0 Å². The van der Waals surface area contributed by atoms with Crippen LogP contribution in [0.15, 0.2) is 27.9 Å². The van der Waals surface area contributed by atoms with Crippen LogP contribution in [-0.4, -0.2) is 11.9 Å². The first-order valence-corrected chi connectivity index (χ1v) is 2.84. The quantitative estimate of drug-likeness (QED) is 0.454. The molecule has 0 saturated carbocycles. The first-order chi connectivity index (χ1) is 4.47. The van der Waals surface area contributed by atoms with Gasteiger partial charge in [-0.25, -0.2) is 0 Å². The van der Waals surface area contributed by atoms with Gasteiger partial charge in [0.25, 0.3) is 0 Å². The standard InChI is InChI=1S/C7H5N2/c1-2-4-7-6(3-1)5-8-9-7/h1,3,5H,4H2. The van der Waals surface area contributed by atoms with Crippen molar-refractivity contribution in [3.63, 3.8) is 0 Å². The Labute approximate surface area is 53.3 Å². The van der Waals surface area contributed by atoms with Gasteiger partial charge in [0, 0.05) is 12.0 Å². The molecule has 1 aliphatic carbocycles. The fraction of sp³-hybridized carbons (Fsp3) is 0.143. The van der Waals surface area contributed by atoms with E-state index in [9.17, 15) is 0 Å². The highest BCUT2D eigenvalue weighted by Gasteiger charge is 2.09. The van der Waals surface area contributed by atoms with Crippen molar-refractivity contribution in [2.24, 2.45) is 10.2 Å². The first-order valence-electron chi connectivity index (χ1n) is 2.84. The summed E-state index contributed by atoms with van der Waals surface area (Å²) < 4.78 is 0. The van der Waals surface area contributed by atoms with Crippen molar-refractivity contribution in [3.05, 3.63) is 23.8 Å². The maximum absolute atomic E-state index is 3.89. The molecule has 0 spiro atoms. The second-order valence-corrected chi connectivity index (χ2v) is 1.96. The minimum Gasteiger partial charge on any atom is -0.158 e. The third-order valence-electron chi connectivity index (χ3n) is 1.36. The molecule has 43 valence electrons. The van der Waals surface area contributed by atoms with E-state index in [1.165, 1.54) is 0 Å². The summed E-state index contributed by atoms with van der Waals surface area (Å²) >= 11 is 0. The summed E-state index contributed by atoms with van der Waals surface area (Å²) in [5.41, 5.74) is 2.17. The van der Waals surface area contributed by atoms with Gasteiger partial charge in [0.05, 0.1) is 11.9 Å². The number of hydrogen-bond donors (Lipinski definition) is 0. The fourth-order valence-electron chi connectivity index (χ4n) is 0.874. The summed E-state index contributed by atoms with van der Waals surface area (Å²) in [6.45, 7) is 0. The van der Waals surface area contributed by atoms with Gasteiger partial charge in [-0.2, -0.15) is 10.2 Å². The van der Waals surface area contributed by atoms with E-state index >= 15 is 0 Å². The molecule has 0 atom stereocenters. The van der Waals surface area contributed by atoms with Crippen LogP contribution in [0.3, 0.4) is 0 Å². The van der Waals surface area contributed by atoms with Crippen LogP contribution in [0.4, 0.5) is 0 Å². The zero-order valence-corrected chi connectivity index (χ0v) is 4.83. The largest absolute Gasteiger partial charge is 0.158 e. The number of nitrogens with zero attached hydrogens (tertiary/aromatic N) is 2. The van der Waals surface area contributed by atoms with Gasteiger partial charge in [-0.15, -0.1) is 0 Å². The lowest BCUT2D eigenvalue weighted by Gasteiger charge is -1.98. The van der Waals surface area contributed by atoms with Crippen molar-refractivity contribution >= 4 is 11.9 Å². The molecule has 0 N–H and O–H groups in total. The molecule has 1 aliphatic heterocycles. The molecule has 2 heteroatoms. The van der Waals surface area contributed by atoms with E-state index in [1.807, 2.05) is 12.2 Å². The van der Waals surface area contributed by atoms with Crippen LogP contribution in [0.1, 0.15) is 6.42 Å². The Hall–Kier alpha value is -1.18. The van der Waals surface area contributed by atoms with Gasteiger partial charge in [0.1, 0.15) is 0 Å². The van der Waals surface area contributed by atoms with Gasteiger partial charge in [-0.3, -0.25) is 0 Å². The molecule has 0 aromatic rings. The van der Waals surface area contributed by atoms with Crippen molar-refractivity contribution in [1.82, 2.24) is 0 Å². The van der Waals surface area contributed by atoms with Crippen LogP contribution in [0.25, 0.3) is 0 Å². The van der Waals surface area contributed by atoms with E-state index in [-0.39, 0.29) is 0 Å². The Morgan fingerprint density at radius 3 is 3.44 bits per heavy atom. The van der Waals surface area contributed by atoms with Gasteiger partial charge in [-0.1, -0.05) is 12.2 Å². The van der Waals surface area contributed by atoms with Gasteiger partial charge >= 0.3 is 0 Å². The third kappa shape index (κ3) is 0.633. The second kappa shape index (κ2) is 1.65. The third-order valence-corrected chi connectivity index (χ3v) is 1.36. The molecule has 1 radical (unpaired) electrons. The Balaban J connectivity index is 2.46. The van der Waals surface area contributed by atoms with Crippen molar-refractivity contribution in [2.45, 2.75) is 6.42 Å². The number of rotatable bonds is 0. The van der Waals surface area contributed by atoms with E-state index in [2.05, 4.69) is 16.3 Å². The highest BCUT2D eigenvalue weighted by molar-refractivity contribution is 6.19. The van der Waals surface area contributed by atoms with Crippen LogP contribution >= 0.6 is 0 Å². The van der Waals surface area contributed by atoms with E-state index < -0.39 is 0 Å². The predicted molar refractivity (Wildman–Crippen MR) is 36.4 cm³/mol. The van der Waals surface area contributed by atoms with Crippen molar-refractivity contribution in [2.75, 3.05) is 0 Å². The minimum atomic E-state index is 0.811. The lowest BCUT2D eigenvalue weighted by molar-refractivity contribution is 1.24. The summed E-state index contributed by atoms with van der Waals surface area (Å²) in [4.78, 5) is 0. The Morgan fingerprint density at radius 2 is 2.56 bits per heavy atom. The Kier molecular flexibility index (Phi) is 0.859. The molecular weight excluding hydrogens is 112 g/mol. The topological polar surface area (TPSA) is 24.7 Å². The summed E-state index contributed by atoms with van der Waals surface area (Å²) in [6.07, 6.45) is 9.51. The predicted octanol–water partition coefficient (Wildman–Crippen LogP) is 1.12. The molecule has 0 aromatic heterocycles. The Morgan fingerprint density at radius 1 is 1.56 bits per heavy atom. The molecule has 2 nitrogen and oxygen atoms in total. The molecule has 0 amide bonds. The van der Waals surface area contributed by atoms with Crippen molar-refractivity contribution < 1.29 is 0 Å². The summed E-state index contributed by atoms with van der Waals surface area (Å²) in [5, 5.41) is 7.66. The molecule has 0 aromatic carbocycles. The summed E-state index contributed by atoms with van der Waals surface area (Å²) in [6, 6.07) is 0. The zero-order chi connectivity index (χ0) is 6.10. The van der Waals surface area contributed by atoms with Crippen LogP contribution in [0, 0.1) is 6.08 Å². The number of allylic oxidation sites excluding steroid dienone is 4. The minimum absolute atomic E-state index is 0.811. The molecule has 9 heavy (non-hydrogen) atoms. The van der Waals surface area contributed by atoms with Crippen LogP contribution < -0.4 is 0 Å². The molecule has 0 fully saturated rings. The lowest BCUT2D eigenvalue weighted by Crippen LogP contribution is -2.00. The number of fused-ring (bicyclic) bond motifs is 1. The molecule has 0 unspecified atom stereocenters. The van der Waals surface area contributed by atoms with Gasteiger partial charge in [-0.05, 0) is 6.08 Å². The highest BCUT2D eigenvalue weighted by atomic mass is 15.2. The SMILES string of the molecule is [C]1=CC=C2C=NN=C2C1. The molecule has 0 saturated heterocycles. The van der Waals surface area contributed by atoms with E-state index in [0.29, 0.717) is 0 Å². The zero-order valence-electron chi connectivity index (χ0n) is 4.83. The van der Waals surface area contributed by atoms with Gasteiger partial charge in [0.15, 0.2) is 0 Å². The van der Waals surface area contributed by atoms with E-state index in [1.54, 1.807) is 6.21 Å². The van der Waals surface area contributed by atoms with E-state index in [0.717, 1.165) is 17.7 Å². The molecule has 2 rings (SSSR count). The molecular formula is C7H5N2. The smallest absolute Gasteiger partial charge is 0.0762 e. The van der Waals surface area contributed by atoms with Crippen LogP contribution in [0.5, 0.6) is 0 Å². The van der Waals surface area contributed by atoms with Crippen LogP contribution in [0.2, 0.25) is 0 Å². The Bertz CT molecular complexity index is 244. The van der Waals surface area contributed by atoms with Crippen molar-refractivity contribution in [3.8, 4) is 0 Å². The average Bonchev–Trinajstić information content (AvgIpc) is 2.33. The molecule has 0 bridgehead atoms. The maximum Gasteiger partial charge on any atom is 0.0762 e. The average molecular weight is 117 g/mol. The maximum atomic E-state index is 3.89. The lowest BCUT2D eigenvalue weighted by atomic mass is 10.1. The van der Waals surface area contributed by atoms with Gasteiger partial charge in [0.2, 0.25) is 0 Å².